The first-order valence-corrected chi connectivity index (χ1v) is 10.1. The summed E-state index contributed by atoms with van der Waals surface area (Å²) >= 11 is 0. The third-order valence-corrected chi connectivity index (χ3v) is 5.82. The summed E-state index contributed by atoms with van der Waals surface area (Å²) in [6.07, 6.45) is 0.448. The summed E-state index contributed by atoms with van der Waals surface area (Å²) in [6.45, 7) is 0.749. The van der Waals surface area contributed by atoms with Crippen molar-refractivity contribution in [1.29, 1.82) is 0 Å². The molecule has 0 radical (unpaired) electrons. The lowest BCUT2D eigenvalue weighted by Crippen LogP contribution is -2.51. The topological polar surface area (TPSA) is 84.9 Å². The van der Waals surface area contributed by atoms with Crippen LogP contribution in [0, 0.1) is 0 Å². The second kappa shape index (κ2) is 8.67. The van der Waals surface area contributed by atoms with E-state index in [9.17, 15) is 14.4 Å². The first kappa shape index (κ1) is 20.1. The number of rotatable bonds is 6. The molecule has 30 heavy (non-hydrogen) atoms. The molecule has 3 amide bonds. The molecule has 2 aromatic rings. The van der Waals surface area contributed by atoms with Gasteiger partial charge in [0.1, 0.15) is 0 Å². The standard InChI is InChI=1S/C23H24N2O5/c26-20-16-30-22(28)25(20)15-19(17-7-3-1-4-8-17)24-21(27)23(11-13-29-14-12-23)18-9-5-2-6-10-18/h1-10,19H,11-16H2,(H,24,27). The van der Waals surface area contributed by atoms with Crippen LogP contribution < -0.4 is 5.32 Å². The Morgan fingerprint density at radius 1 is 1.00 bits per heavy atom. The second-order valence-corrected chi connectivity index (χ2v) is 7.56. The summed E-state index contributed by atoms with van der Waals surface area (Å²) in [5.74, 6) is -0.537. The number of ether oxygens (including phenoxy) is 2. The molecule has 2 aliphatic rings. The molecule has 1 atom stereocenters. The lowest BCUT2D eigenvalue weighted by Gasteiger charge is -2.37. The minimum Gasteiger partial charge on any atom is -0.439 e. The van der Waals surface area contributed by atoms with Gasteiger partial charge in [0.25, 0.3) is 5.91 Å². The molecule has 1 N–H and O–H groups in total. The summed E-state index contributed by atoms with van der Waals surface area (Å²) in [7, 11) is 0. The lowest BCUT2D eigenvalue weighted by molar-refractivity contribution is -0.132. The lowest BCUT2D eigenvalue weighted by atomic mass is 9.73. The van der Waals surface area contributed by atoms with Crippen molar-refractivity contribution in [1.82, 2.24) is 10.2 Å². The van der Waals surface area contributed by atoms with Gasteiger partial charge in [-0.15, -0.1) is 0 Å². The van der Waals surface area contributed by atoms with Gasteiger partial charge >= 0.3 is 6.09 Å². The van der Waals surface area contributed by atoms with Gasteiger partial charge in [-0.3, -0.25) is 9.59 Å². The minimum absolute atomic E-state index is 0.0226. The van der Waals surface area contributed by atoms with E-state index in [2.05, 4.69) is 5.32 Å². The van der Waals surface area contributed by atoms with Crippen LogP contribution in [-0.2, 0) is 24.5 Å². The number of carbonyl (C=O) groups excluding carboxylic acids is 3. The zero-order chi connectivity index (χ0) is 21.0. The Balaban J connectivity index is 1.63. The molecule has 2 fully saturated rings. The van der Waals surface area contributed by atoms with E-state index in [1.165, 1.54) is 0 Å². The van der Waals surface area contributed by atoms with Crippen LogP contribution in [0.15, 0.2) is 60.7 Å². The normalized spacial score (nSPS) is 19.3. The van der Waals surface area contributed by atoms with E-state index in [-0.39, 0.29) is 19.1 Å². The molecule has 0 aliphatic carbocycles. The van der Waals surface area contributed by atoms with Gasteiger partial charge in [0.2, 0.25) is 5.91 Å². The summed E-state index contributed by atoms with van der Waals surface area (Å²) in [4.78, 5) is 38.8. The number of nitrogens with one attached hydrogen (secondary N) is 1. The molecular formula is C23H24N2O5. The van der Waals surface area contributed by atoms with Crippen LogP contribution in [0.25, 0.3) is 0 Å². The smallest absolute Gasteiger partial charge is 0.417 e. The fraction of sp³-hybridized carbons (Fsp3) is 0.348. The molecule has 2 saturated heterocycles. The van der Waals surface area contributed by atoms with Crippen molar-refractivity contribution in [2.45, 2.75) is 24.3 Å². The first-order chi connectivity index (χ1) is 14.6. The Labute approximate surface area is 175 Å². The second-order valence-electron chi connectivity index (χ2n) is 7.56. The molecule has 0 spiro atoms. The Hall–Kier alpha value is -3.19. The average molecular weight is 408 g/mol. The molecule has 0 aromatic heterocycles. The maximum absolute atomic E-state index is 13.7. The fourth-order valence-corrected chi connectivity index (χ4v) is 4.08. The Kier molecular flexibility index (Phi) is 5.81. The van der Waals surface area contributed by atoms with Crippen LogP contribution in [0.2, 0.25) is 0 Å². The average Bonchev–Trinajstić information content (AvgIpc) is 3.12. The first-order valence-electron chi connectivity index (χ1n) is 10.1. The van der Waals surface area contributed by atoms with E-state index < -0.39 is 23.5 Å². The predicted octanol–water partition coefficient (Wildman–Crippen LogP) is 2.57. The van der Waals surface area contributed by atoms with Crippen molar-refractivity contribution in [2.75, 3.05) is 26.4 Å². The molecule has 0 saturated carbocycles. The highest BCUT2D eigenvalue weighted by Crippen LogP contribution is 2.36. The van der Waals surface area contributed by atoms with E-state index in [4.69, 9.17) is 9.47 Å². The third-order valence-electron chi connectivity index (χ3n) is 5.82. The van der Waals surface area contributed by atoms with Gasteiger partial charge in [-0.2, -0.15) is 0 Å². The quantitative estimate of drug-likeness (QED) is 0.794. The highest BCUT2D eigenvalue weighted by molar-refractivity contribution is 5.98. The van der Waals surface area contributed by atoms with Crippen molar-refractivity contribution >= 4 is 17.9 Å². The minimum atomic E-state index is -0.720. The van der Waals surface area contributed by atoms with Crippen LogP contribution in [0.5, 0.6) is 0 Å². The molecule has 4 rings (SSSR count). The largest absolute Gasteiger partial charge is 0.439 e. The molecule has 2 aromatic carbocycles. The molecule has 7 heteroatoms. The number of amides is 3. The van der Waals surface area contributed by atoms with Crippen molar-refractivity contribution in [3.63, 3.8) is 0 Å². The number of nitrogens with zero attached hydrogens (tertiary/aromatic N) is 1. The molecule has 2 heterocycles. The van der Waals surface area contributed by atoms with E-state index in [0.717, 1.165) is 16.0 Å². The Morgan fingerprint density at radius 3 is 2.23 bits per heavy atom. The van der Waals surface area contributed by atoms with Gasteiger partial charge in [-0.25, -0.2) is 9.69 Å². The predicted molar refractivity (Wildman–Crippen MR) is 109 cm³/mol. The van der Waals surface area contributed by atoms with Gasteiger partial charge < -0.3 is 14.8 Å². The van der Waals surface area contributed by atoms with Crippen LogP contribution in [0.1, 0.15) is 30.0 Å². The maximum atomic E-state index is 13.7. The summed E-state index contributed by atoms with van der Waals surface area (Å²) in [5, 5.41) is 3.11. The van der Waals surface area contributed by atoms with Crippen molar-refractivity contribution < 1.29 is 23.9 Å². The van der Waals surface area contributed by atoms with Gasteiger partial charge in [0.15, 0.2) is 6.61 Å². The van der Waals surface area contributed by atoms with Crippen LogP contribution in [0.4, 0.5) is 4.79 Å². The number of hydrogen-bond acceptors (Lipinski definition) is 5. The highest BCUT2D eigenvalue weighted by atomic mass is 16.6. The molecular weight excluding hydrogens is 384 g/mol. The fourth-order valence-electron chi connectivity index (χ4n) is 4.08. The summed E-state index contributed by atoms with van der Waals surface area (Å²) in [5.41, 5.74) is 1.03. The van der Waals surface area contributed by atoms with Gasteiger partial charge in [-0.1, -0.05) is 60.7 Å². The molecule has 156 valence electrons. The van der Waals surface area contributed by atoms with E-state index in [1.807, 2.05) is 60.7 Å². The Bertz CT molecular complexity index is 894. The monoisotopic (exact) mass is 408 g/mol. The van der Waals surface area contributed by atoms with Gasteiger partial charge in [0, 0.05) is 13.2 Å². The molecule has 7 nitrogen and oxygen atoms in total. The van der Waals surface area contributed by atoms with Crippen LogP contribution in [-0.4, -0.2) is 49.2 Å². The number of imide groups is 1. The maximum Gasteiger partial charge on any atom is 0.417 e. The van der Waals surface area contributed by atoms with Gasteiger partial charge in [-0.05, 0) is 24.0 Å². The zero-order valence-corrected chi connectivity index (χ0v) is 16.6. The molecule has 1 unspecified atom stereocenters. The highest BCUT2D eigenvalue weighted by Gasteiger charge is 2.43. The van der Waals surface area contributed by atoms with Gasteiger partial charge in [0.05, 0.1) is 18.0 Å². The SMILES string of the molecule is O=C1COC(=O)N1CC(NC(=O)C1(c2ccccc2)CCOCC1)c1ccccc1. The number of carbonyl (C=O) groups is 3. The van der Waals surface area contributed by atoms with Crippen molar-refractivity contribution in [3.8, 4) is 0 Å². The summed E-state index contributed by atoms with van der Waals surface area (Å²) in [6, 6.07) is 18.5. The molecule has 0 bridgehead atoms. The van der Waals surface area contributed by atoms with Crippen LogP contribution in [0.3, 0.4) is 0 Å². The summed E-state index contributed by atoms with van der Waals surface area (Å²) < 4.78 is 10.4. The number of cyclic esters (lactones) is 1. The van der Waals surface area contributed by atoms with Crippen molar-refractivity contribution in [3.05, 3.63) is 71.8 Å². The Morgan fingerprint density at radius 2 is 1.63 bits per heavy atom. The molecule has 2 aliphatic heterocycles. The van der Waals surface area contributed by atoms with E-state index in [1.54, 1.807) is 0 Å². The number of hydrogen-bond donors (Lipinski definition) is 1. The zero-order valence-electron chi connectivity index (χ0n) is 16.6. The number of benzene rings is 2. The van der Waals surface area contributed by atoms with E-state index >= 15 is 0 Å². The van der Waals surface area contributed by atoms with Crippen LogP contribution >= 0.6 is 0 Å². The van der Waals surface area contributed by atoms with E-state index in [0.29, 0.717) is 26.1 Å². The van der Waals surface area contributed by atoms with Crippen molar-refractivity contribution in [2.24, 2.45) is 0 Å². The third kappa shape index (κ3) is 3.93.